The van der Waals surface area contributed by atoms with Gasteiger partial charge in [-0.2, -0.15) is 0 Å². The van der Waals surface area contributed by atoms with Gasteiger partial charge in [-0.25, -0.2) is 15.0 Å². The number of aryl methyl sites for hydroxylation is 1. The summed E-state index contributed by atoms with van der Waals surface area (Å²) in [5.41, 5.74) is 1.33. The number of thioether (sulfide) groups is 1. The summed E-state index contributed by atoms with van der Waals surface area (Å²) in [6.45, 7) is 1.83. The Morgan fingerprint density at radius 2 is 2.22 bits per heavy atom. The first kappa shape index (κ1) is 12.4. The first-order chi connectivity index (χ1) is 8.65. The summed E-state index contributed by atoms with van der Waals surface area (Å²) < 4.78 is 0. The quantitative estimate of drug-likeness (QED) is 0.658. The highest BCUT2D eigenvalue weighted by Crippen LogP contribution is 2.19. The molecule has 2 heterocycles. The molecule has 0 bridgehead atoms. The largest absolute Gasteiger partial charge is 0.481 e. The number of rotatable bonds is 4. The molecule has 0 amide bonds. The maximum atomic E-state index is 10.5. The molecule has 0 aliphatic heterocycles. The third-order valence-corrected chi connectivity index (χ3v) is 2.86. The van der Waals surface area contributed by atoms with Crippen molar-refractivity contribution in [3.63, 3.8) is 0 Å². The van der Waals surface area contributed by atoms with Gasteiger partial charge in [0.1, 0.15) is 10.7 Å². The zero-order valence-electron chi connectivity index (χ0n) is 9.57. The number of carboxylic acid groups (broad SMARTS) is 1. The van der Waals surface area contributed by atoms with Crippen LogP contribution in [0.25, 0.3) is 11.5 Å². The average Bonchev–Trinajstić information content (AvgIpc) is 2.37. The molecule has 18 heavy (non-hydrogen) atoms. The average molecular weight is 262 g/mol. The minimum Gasteiger partial charge on any atom is -0.481 e. The van der Waals surface area contributed by atoms with Gasteiger partial charge in [0.25, 0.3) is 0 Å². The predicted molar refractivity (Wildman–Crippen MR) is 66.2 cm³/mol. The van der Waals surface area contributed by atoms with Crippen molar-refractivity contribution in [2.24, 2.45) is 0 Å². The normalized spacial score (nSPS) is 10.3. The van der Waals surface area contributed by atoms with Crippen LogP contribution in [0.15, 0.2) is 29.7 Å². The first-order valence-electron chi connectivity index (χ1n) is 5.12. The topological polar surface area (TPSA) is 88.9 Å². The van der Waals surface area contributed by atoms with Gasteiger partial charge in [-0.05, 0) is 13.0 Å². The Labute approximate surface area is 108 Å². The van der Waals surface area contributed by atoms with Crippen molar-refractivity contribution in [2.45, 2.75) is 11.9 Å². The number of carboxylic acids is 1. The van der Waals surface area contributed by atoms with Gasteiger partial charge in [0.2, 0.25) is 0 Å². The van der Waals surface area contributed by atoms with Crippen LogP contribution in [-0.2, 0) is 4.79 Å². The van der Waals surface area contributed by atoms with Crippen LogP contribution in [-0.4, -0.2) is 36.8 Å². The molecule has 0 aliphatic carbocycles. The van der Waals surface area contributed by atoms with Crippen molar-refractivity contribution in [3.8, 4) is 11.5 Å². The molecule has 0 spiro atoms. The minimum atomic E-state index is -0.877. The Morgan fingerprint density at radius 3 is 2.89 bits per heavy atom. The van der Waals surface area contributed by atoms with E-state index in [0.29, 0.717) is 16.5 Å². The standard InChI is InChI=1S/C11H10N4O2S/c1-7-4-9(18-6-10(16)17)15-11(14-7)8-5-12-2-3-13-8/h2-5H,6H2,1H3,(H,16,17). The molecular formula is C11H10N4O2S. The highest BCUT2D eigenvalue weighted by atomic mass is 32.2. The summed E-state index contributed by atoms with van der Waals surface area (Å²) in [6, 6.07) is 1.74. The summed E-state index contributed by atoms with van der Waals surface area (Å²) in [5, 5.41) is 9.26. The summed E-state index contributed by atoms with van der Waals surface area (Å²) in [6.07, 6.45) is 4.70. The van der Waals surface area contributed by atoms with Crippen LogP contribution in [0.3, 0.4) is 0 Å². The lowest BCUT2D eigenvalue weighted by molar-refractivity contribution is -0.133. The fraction of sp³-hybridized carbons (Fsp3) is 0.182. The Kier molecular flexibility index (Phi) is 3.83. The van der Waals surface area contributed by atoms with E-state index >= 15 is 0 Å². The maximum absolute atomic E-state index is 10.5. The van der Waals surface area contributed by atoms with Gasteiger partial charge in [0, 0.05) is 18.1 Å². The van der Waals surface area contributed by atoms with Crippen LogP contribution < -0.4 is 0 Å². The van der Waals surface area contributed by atoms with E-state index < -0.39 is 5.97 Å². The van der Waals surface area contributed by atoms with E-state index in [4.69, 9.17) is 5.11 Å². The summed E-state index contributed by atoms with van der Waals surface area (Å²) in [7, 11) is 0. The number of hydrogen-bond donors (Lipinski definition) is 1. The molecule has 6 nitrogen and oxygen atoms in total. The molecule has 0 radical (unpaired) electrons. The van der Waals surface area contributed by atoms with Gasteiger partial charge in [-0.15, -0.1) is 0 Å². The number of nitrogens with zero attached hydrogens (tertiary/aromatic N) is 4. The van der Waals surface area contributed by atoms with Crippen molar-refractivity contribution in [3.05, 3.63) is 30.4 Å². The van der Waals surface area contributed by atoms with E-state index in [9.17, 15) is 4.79 Å². The SMILES string of the molecule is Cc1cc(SCC(=O)O)nc(-c2cnccn2)n1. The van der Waals surface area contributed by atoms with Crippen LogP contribution >= 0.6 is 11.8 Å². The molecule has 2 aromatic heterocycles. The Bertz CT molecular complexity index is 562. The van der Waals surface area contributed by atoms with E-state index in [1.165, 1.54) is 0 Å². The fourth-order valence-electron chi connectivity index (χ4n) is 1.28. The maximum Gasteiger partial charge on any atom is 0.313 e. The second-order valence-corrected chi connectivity index (χ2v) is 4.44. The highest BCUT2D eigenvalue weighted by molar-refractivity contribution is 7.99. The van der Waals surface area contributed by atoms with Crippen LogP contribution in [0.5, 0.6) is 0 Å². The van der Waals surface area contributed by atoms with Gasteiger partial charge in [-0.1, -0.05) is 11.8 Å². The molecule has 0 saturated heterocycles. The van der Waals surface area contributed by atoms with Crippen molar-refractivity contribution in [1.82, 2.24) is 19.9 Å². The van der Waals surface area contributed by atoms with Crippen LogP contribution in [0.2, 0.25) is 0 Å². The third-order valence-electron chi connectivity index (χ3n) is 1.97. The number of aromatic nitrogens is 4. The van der Waals surface area contributed by atoms with Crippen molar-refractivity contribution in [2.75, 3.05) is 5.75 Å². The lowest BCUT2D eigenvalue weighted by atomic mass is 10.4. The van der Waals surface area contributed by atoms with Crippen LogP contribution in [0, 0.1) is 6.92 Å². The molecule has 2 aromatic rings. The first-order valence-corrected chi connectivity index (χ1v) is 6.10. The predicted octanol–water partition coefficient (Wildman–Crippen LogP) is 1.42. The molecule has 0 saturated carbocycles. The molecule has 1 N–H and O–H groups in total. The molecule has 0 fully saturated rings. The van der Waals surface area contributed by atoms with Gasteiger partial charge in [0.15, 0.2) is 5.82 Å². The minimum absolute atomic E-state index is 0.0314. The molecule has 0 aromatic carbocycles. The summed E-state index contributed by atoms with van der Waals surface area (Å²) >= 11 is 1.15. The summed E-state index contributed by atoms with van der Waals surface area (Å²) in [5.74, 6) is -0.454. The Hall–Kier alpha value is -2.02. The number of aliphatic carboxylic acids is 1. The van der Waals surface area contributed by atoms with Crippen LogP contribution in [0.1, 0.15) is 5.69 Å². The molecule has 2 rings (SSSR count). The zero-order valence-corrected chi connectivity index (χ0v) is 10.4. The smallest absolute Gasteiger partial charge is 0.313 e. The molecular weight excluding hydrogens is 252 g/mol. The molecule has 0 unspecified atom stereocenters. The molecule has 7 heteroatoms. The van der Waals surface area contributed by atoms with E-state index in [1.807, 2.05) is 6.92 Å². The third kappa shape index (κ3) is 3.24. The fourth-order valence-corrected chi connectivity index (χ4v) is 1.95. The second kappa shape index (κ2) is 5.54. The highest BCUT2D eigenvalue weighted by Gasteiger charge is 2.08. The Balaban J connectivity index is 2.29. The Morgan fingerprint density at radius 1 is 1.39 bits per heavy atom. The zero-order chi connectivity index (χ0) is 13.0. The molecule has 0 aliphatic rings. The lowest BCUT2D eigenvalue weighted by Gasteiger charge is -2.03. The van der Waals surface area contributed by atoms with E-state index in [2.05, 4.69) is 19.9 Å². The van der Waals surface area contributed by atoms with E-state index in [-0.39, 0.29) is 5.75 Å². The van der Waals surface area contributed by atoms with Gasteiger partial charge in [-0.3, -0.25) is 9.78 Å². The van der Waals surface area contributed by atoms with Crippen molar-refractivity contribution >= 4 is 17.7 Å². The van der Waals surface area contributed by atoms with E-state index in [0.717, 1.165) is 17.5 Å². The van der Waals surface area contributed by atoms with Crippen LogP contribution in [0.4, 0.5) is 0 Å². The monoisotopic (exact) mass is 262 g/mol. The van der Waals surface area contributed by atoms with E-state index in [1.54, 1.807) is 24.7 Å². The van der Waals surface area contributed by atoms with Gasteiger partial charge >= 0.3 is 5.97 Å². The summed E-state index contributed by atoms with van der Waals surface area (Å²) in [4.78, 5) is 27.1. The molecule has 92 valence electrons. The van der Waals surface area contributed by atoms with Gasteiger partial charge < -0.3 is 5.11 Å². The number of carbonyl (C=O) groups is 1. The molecule has 0 atom stereocenters. The second-order valence-electron chi connectivity index (χ2n) is 3.44. The lowest BCUT2D eigenvalue weighted by Crippen LogP contribution is -2.00. The number of hydrogen-bond acceptors (Lipinski definition) is 6. The van der Waals surface area contributed by atoms with Gasteiger partial charge in [0.05, 0.1) is 11.9 Å². The van der Waals surface area contributed by atoms with Crippen molar-refractivity contribution in [1.29, 1.82) is 0 Å². The van der Waals surface area contributed by atoms with Crippen molar-refractivity contribution < 1.29 is 9.90 Å².